The Balaban J connectivity index is 2.02. The number of rotatable bonds is 3. The molecule has 2 aromatic carbocycles. The molecule has 0 aliphatic heterocycles. The average Bonchev–Trinajstić information content (AvgIpc) is 2.38. The van der Waals surface area contributed by atoms with Crippen molar-refractivity contribution in [2.75, 3.05) is 0 Å². The summed E-state index contributed by atoms with van der Waals surface area (Å²) in [5.74, 6) is 0.715. The summed E-state index contributed by atoms with van der Waals surface area (Å²) < 4.78 is 6.66. The highest BCUT2D eigenvalue weighted by Crippen LogP contribution is 2.16. The number of halogens is 1. The van der Waals surface area contributed by atoms with Crippen LogP contribution in [0.2, 0.25) is 0 Å². The predicted molar refractivity (Wildman–Crippen MR) is 69.6 cm³/mol. The minimum atomic E-state index is 0.502. The highest BCUT2D eigenvalue weighted by Gasteiger charge is 1.97. The molecule has 0 heterocycles. The summed E-state index contributed by atoms with van der Waals surface area (Å²) >= 11 is 3.38. The van der Waals surface area contributed by atoms with Crippen molar-refractivity contribution in [2.45, 2.75) is 6.61 Å². The normalized spacial score (nSPS) is 9.65. The van der Waals surface area contributed by atoms with Crippen LogP contribution in [-0.4, -0.2) is 0 Å². The zero-order valence-corrected chi connectivity index (χ0v) is 10.6. The SMILES string of the molecule is N#Cc1cccc(OCc2ccc(Br)cc2)c1. The Hall–Kier alpha value is -1.79. The third-order valence-electron chi connectivity index (χ3n) is 2.28. The van der Waals surface area contributed by atoms with Gasteiger partial charge in [-0.05, 0) is 35.9 Å². The molecule has 2 rings (SSSR count). The van der Waals surface area contributed by atoms with Crippen molar-refractivity contribution in [3.8, 4) is 11.8 Å². The van der Waals surface area contributed by atoms with Crippen molar-refractivity contribution < 1.29 is 4.74 Å². The first-order valence-electron chi connectivity index (χ1n) is 5.15. The molecule has 0 radical (unpaired) electrons. The van der Waals surface area contributed by atoms with Crippen LogP contribution in [-0.2, 0) is 6.61 Å². The van der Waals surface area contributed by atoms with E-state index in [1.807, 2.05) is 36.4 Å². The molecule has 0 spiro atoms. The first-order chi connectivity index (χ1) is 8.28. The average molecular weight is 288 g/mol. The van der Waals surface area contributed by atoms with Crippen molar-refractivity contribution in [3.05, 3.63) is 64.1 Å². The van der Waals surface area contributed by atoms with E-state index in [1.54, 1.807) is 12.1 Å². The minimum Gasteiger partial charge on any atom is -0.489 e. The Kier molecular flexibility index (Phi) is 3.79. The van der Waals surface area contributed by atoms with Gasteiger partial charge in [-0.1, -0.05) is 34.1 Å². The quantitative estimate of drug-likeness (QED) is 0.858. The van der Waals surface area contributed by atoms with E-state index >= 15 is 0 Å². The standard InChI is InChI=1S/C14H10BrNO/c15-13-6-4-11(5-7-13)10-17-14-3-1-2-12(8-14)9-16/h1-8H,10H2. The van der Waals surface area contributed by atoms with E-state index < -0.39 is 0 Å². The maximum absolute atomic E-state index is 8.77. The van der Waals surface area contributed by atoms with Crippen molar-refractivity contribution in [2.24, 2.45) is 0 Å². The number of nitriles is 1. The van der Waals surface area contributed by atoms with Gasteiger partial charge in [0.15, 0.2) is 0 Å². The van der Waals surface area contributed by atoms with Gasteiger partial charge >= 0.3 is 0 Å². The van der Waals surface area contributed by atoms with E-state index in [0.29, 0.717) is 17.9 Å². The molecule has 84 valence electrons. The second-order valence-electron chi connectivity index (χ2n) is 3.55. The van der Waals surface area contributed by atoms with E-state index in [2.05, 4.69) is 22.0 Å². The Labute approximate surface area is 109 Å². The summed E-state index contributed by atoms with van der Waals surface area (Å²) in [5, 5.41) is 8.77. The maximum Gasteiger partial charge on any atom is 0.121 e. The van der Waals surface area contributed by atoms with Gasteiger partial charge in [-0.15, -0.1) is 0 Å². The van der Waals surface area contributed by atoms with E-state index in [0.717, 1.165) is 10.0 Å². The lowest BCUT2D eigenvalue weighted by molar-refractivity contribution is 0.306. The number of benzene rings is 2. The van der Waals surface area contributed by atoms with Crippen LogP contribution in [0, 0.1) is 11.3 Å². The van der Waals surface area contributed by atoms with E-state index in [4.69, 9.17) is 10.00 Å². The summed E-state index contributed by atoms with van der Waals surface area (Å²) in [7, 11) is 0. The summed E-state index contributed by atoms with van der Waals surface area (Å²) in [4.78, 5) is 0. The zero-order valence-electron chi connectivity index (χ0n) is 9.06. The first kappa shape index (κ1) is 11.7. The minimum absolute atomic E-state index is 0.502. The first-order valence-corrected chi connectivity index (χ1v) is 5.94. The second kappa shape index (κ2) is 5.51. The molecule has 0 fully saturated rings. The lowest BCUT2D eigenvalue weighted by atomic mass is 10.2. The van der Waals surface area contributed by atoms with Crippen LogP contribution >= 0.6 is 15.9 Å². The molecule has 0 saturated carbocycles. The second-order valence-corrected chi connectivity index (χ2v) is 4.47. The van der Waals surface area contributed by atoms with Crippen molar-refractivity contribution in [1.82, 2.24) is 0 Å². The van der Waals surface area contributed by atoms with Crippen LogP contribution < -0.4 is 4.74 Å². The summed E-state index contributed by atoms with van der Waals surface area (Å²) in [6, 6.07) is 17.2. The fourth-order valence-corrected chi connectivity index (χ4v) is 1.67. The van der Waals surface area contributed by atoms with Crippen LogP contribution in [0.1, 0.15) is 11.1 Å². The molecule has 2 aromatic rings. The fraction of sp³-hybridized carbons (Fsp3) is 0.0714. The maximum atomic E-state index is 8.77. The van der Waals surface area contributed by atoms with Crippen LogP contribution in [0.15, 0.2) is 53.0 Å². The van der Waals surface area contributed by atoms with Gasteiger partial charge in [0.1, 0.15) is 12.4 Å². The van der Waals surface area contributed by atoms with Crippen LogP contribution in [0.4, 0.5) is 0 Å². The highest BCUT2D eigenvalue weighted by atomic mass is 79.9. The summed E-state index contributed by atoms with van der Waals surface area (Å²) in [6.07, 6.45) is 0. The molecular formula is C14H10BrNO. The molecule has 0 atom stereocenters. The number of hydrogen-bond donors (Lipinski definition) is 0. The van der Waals surface area contributed by atoms with Gasteiger partial charge in [0.05, 0.1) is 11.6 Å². The Morgan fingerprint density at radius 3 is 2.59 bits per heavy atom. The molecule has 17 heavy (non-hydrogen) atoms. The molecule has 0 N–H and O–H groups in total. The van der Waals surface area contributed by atoms with Gasteiger partial charge in [0, 0.05) is 4.47 Å². The monoisotopic (exact) mass is 287 g/mol. The van der Waals surface area contributed by atoms with Gasteiger partial charge in [-0.2, -0.15) is 5.26 Å². The van der Waals surface area contributed by atoms with Crippen LogP contribution in [0.5, 0.6) is 5.75 Å². The Morgan fingerprint density at radius 2 is 1.88 bits per heavy atom. The Bertz CT molecular complexity index is 543. The molecule has 0 saturated heterocycles. The summed E-state index contributed by atoms with van der Waals surface area (Å²) in [6.45, 7) is 0.502. The van der Waals surface area contributed by atoms with Crippen molar-refractivity contribution >= 4 is 15.9 Å². The fourth-order valence-electron chi connectivity index (χ4n) is 1.40. The van der Waals surface area contributed by atoms with Gasteiger partial charge in [0.25, 0.3) is 0 Å². The van der Waals surface area contributed by atoms with Gasteiger partial charge in [0.2, 0.25) is 0 Å². The van der Waals surface area contributed by atoms with Crippen LogP contribution in [0.25, 0.3) is 0 Å². The molecule has 0 aliphatic carbocycles. The van der Waals surface area contributed by atoms with E-state index in [-0.39, 0.29) is 0 Å². The summed E-state index contributed by atoms with van der Waals surface area (Å²) in [5.41, 5.74) is 1.70. The van der Waals surface area contributed by atoms with Crippen molar-refractivity contribution in [3.63, 3.8) is 0 Å². The van der Waals surface area contributed by atoms with Crippen molar-refractivity contribution in [1.29, 1.82) is 5.26 Å². The lowest BCUT2D eigenvalue weighted by Gasteiger charge is -2.06. The van der Waals surface area contributed by atoms with Gasteiger partial charge in [-0.25, -0.2) is 0 Å². The van der Waals surface area contributed by atoms with E-state index in [1.165, 1.54) is 0 Å². The third kappa shape index (κ3) is 3.33. The third-order valence-corrected chi connectivity index (χ3v) is 2.81. The van der Waals surface area contributed by atoms with Gasteiger partial charge in [-0.3, -0.25) is 0 Å². The lowest BCUT2D eigenvalue weighted by Crippen LogP contribution is -1.95. The predicted octanol–water partition coefficient (Wildman–Crippen LogP) is 3.90. The molecule has 0 unspecified atom stereocenters. The smallest absolute Gasteiger partial charge is 0.121 e. The van der Waals surface area contributed by atoms with Crippen LogP contribution in [0.3, 0.4) is 0 Å². The molecular weight excluding hydrogens is 278 g/mol. The molecule has 3 heteroatoms. The highest BCUT2D eigenvalue weighted by molar-refractivity contribution is 9.10. The largest absolute Gasteiger partial charge is 0.489 e. The molecule has 0 bridgehead atoms. The topological polar surface area (TPSA) is 33.0 Å². The zero-order chi connectivity index (χ0) is 12.1. The number of ether oxygens (including phenoxy) is 1. The molecule has 0 aliphatic rings. The Morgan fingerprint density at radius 1 is 1.12 bits per heavy atom. The number of hydrogen-bond acceptors (Lipinski definition) is 2. The number of nitrogens with zero attached hydrogens (tertiary/aromatic N) is 1. The van der Waals surface area contributed by atoms with Gasteiger partial charge < -0.3 is 4.74 Å². The van der Waals surface area contributed by atoms with E-state index in [9.17, 15) is 0 Å². The molecule has 0 amide bonds. The molecule has 0 aromatic heterocycles. The molecule has 2 nitrogen and oxygen atoms in total.